The van der Waals surface area contributed by atoms with Crippen LogP contribution in [0.4, 0.5) is 11.5 Å². The van der Waals surface area contributed by atoms with Crippen molar-refractivity contribution < 1.29 is 4.92 Å². The molecule has 2 rings (SSSR count). The fraction of sp³-hybridized carbons (Fsp3) is 0.615. The first kappa shape index (κ1) is 13.7. The molecule has 0 atom stereocenters. The summed E-state index contributed by atoms with van der Waals surface area (Å²) in [6.45, 7) is 5.43. The van der Waals surface area contributed by atoms with Crippen LogP contribution in [0.15, 0.2) is 18.3 Å². The van der Waals surface area contributed by atoms with Gasteiger partial charge >= 0.3 is 5.82 Å². The molecule has 0 aliphatic carbocycles. The van der Waals surface area contributed by atoms with Crippen LogP contribution in [0.3, 0.4) is 0 Å². The standard InChI is InChI=1S/C13H20N4O2/c1-2-8-16-9-5-11(6-10-16)15-12-4-3-7-14-13(12)17(18)19/h3-4,7,11,15H,2,5-6,8-10H2,1H3. The van der Waals surface area contributed by atoms with E-state index < -0.39 is 4.92 Å². The van der Waals surface area contributed by atoms with E-state index in [4.69, 9.17) is 0 Å². The largest absolute Gasteiger partial charge is 0.386 e. The van der Waals surface area contributed by atoms with Crippen molar-refractivity contribution in [1.82, 2.24) is 9.88 Å². The van der Waals surface area contributed by atoms with Gasteiger partial charge in [-0.05, 0) is 47.8 Å². The van der Waals surface area contributed by atoms with Crippen LogP contribution >= 0.6 is 0 Å². The van der Waals surface area contributed by atoms with Crippen LogP contribution < -0.4 is 5.32 Å². The van der Waals surface area contributed by atoms with Crippen LogP contribution in [0.1, 0.15) is 26.2 Å². The van der Waals surface area contributed by atoms with Gasteiger partial charge in [0.15, 0.2) is 0 Å². The van der Waals surface area contributed by atoms with Crippen LogP contribution in [0.25, 0.3) is 0 Å². The number of pyridine rings is 1. The zero-order valence-corrected chi connectivity index (χ0v) is 11.2. The van der Waals surface area contributed by atoms with Crippen molar-refractivity contribution in [2.24, 2.45) is 0 Å². The molecule has 1 aliphatic heterocycles. The Balaban J connectivity index is 1.94. The number of nitrogens with zero attached hydrogens (tertiary/aromatic N) is 3. The Morgan fingerprint density at radius 2 is 2.26 bits per heavy atom. The molecule has 6 nitrogen and oxygen atoms in total. The summed E-state index contributed by atoms with van der Waals surface area (Å²) in [5, 5.41) is 14.2. The Labute approximate surface area is 113 Å². The van der Waals surface area contributed by atoms with Gasteiger partial charge < -0.3 is 20.3 Å². The SMILES string of the molecule is CCCN1CCC(Nc2cccnc2[N+](=O)[O-])CC1. The van der Waals surface area contributed by atoms with Crippen molar-refractivity contribution >= 4 is 11.5 Å². The molecule has 0 radical (unpaired) electrons. The van der Waals surface area contributed by atoms with Gasteiger partial charge in [0.1, 0.15) is 11.9 Å². The number of hydrogen-bond acceptors (Lipinski definition) is 5. The van der Waals surface area contributed by atoms with Crippen LogP contribution in [0.5, 0.6) is 0 Å². The lowest BCUT2D eigenvalue weighted by Gasteiger charge is -2.32. The number of nitrogens with one attached hydrogen (secondary N) is 1. The highest BCUT2D eigenvalue weighted by atomic mass is 16.6. The van der Waals surface area contributed by atoms with Crippen LogP contribution in [0, 0.1) is 10.1 Å². The molecule has 2 heterocycles. The molecule has 1 aromatic rings. The summed E-state index contributed by atoms with van der Waals surface area (Å²) in [6, 6.07) is 3.75. The van der Waals surface area contributed by atoms with Crippen molar-refractivity contribution in [3.05, 3.63) is 28.4 Å². The van der Waals surface area contributed by atoms with Crippen molar-refractivity contribution in [2.45, 2.75) is 32.2 Å². The third-order valence-electron chi connectivity index (χ3n) is 3.45. The summed E-state index contributed by atoms with van der Waals surface area (Å²) in [4.78, 5) is 16.7. The molecule has 0 saturated carbocycles. The lowest BCUT2D eigenvalue weighted by Crippen LogP contribution is -2.39. The Morgan fingerprint density at radius 1 is 1.53 bits per heavy atom. The second-order valence-corrected chi connectivity index (χ2v) is 4.89. The molecule has 19 heavy (non-hydrogen) atoms. The summed E-state index contributed by atoms with van der Waals surface area (Å²) >= 11 is 0. The van der Waals surface area contributed by atoms with Crippen molar-refractivity contribution in [1.29, 1.82) is 0 Å². The summed E-state index contributed by atoms with van der Waals surface area (Å²) in [7, 11) is 0. The maximum atomic E-state index is 10.9. The molecule has 104 valence electrons. The van der Waals surface area contributed by atoms with Crippen LogP contribution in [-0.2, 0) is 0 Å². The van der Waals surface area contributed by atoms with E-state index in [1.54, 1.807) is 12.1 Å². The fourth-order valence-corrected chi connectivity index (χ4v) is 2.49. The first-order chi connectivity index (χ1) is 9.20. The third kappa shape index (κ3) is 3.64. The summed E-state index contributed by atoms with van der Waals surface area (Å²) in [5.41, 5.74) is 0.529. The van der Waals surface area contributed by atoms with Crippen LogP contribution in [-0.4, -0.2) is 40.5 Å². The smallest absolute Gasteiger partial charge is 0.375 e. The van der Waals surface area contributed by atoms with Gasteiger partial charge in [0.25, 0.3) is 0 Å². The molecule has 0 spiro atoms. The quantitative estimate of drug-likeness (QED) is 0.652. The Hall–Kier alpha value is -1.69. The molecule has 1 N–H and O–H groups in total. The number of nitro groups is 1. The second-order valence-electron chi connectivity index (χ2n) is 4.89. The summed E-state index contributed by atoms with van der Waals surface area (Å²) < 4.78 is 0. The minimum Gasteiger partial charge on any atom is -0.375 e. The van der Waals surface area contributed by atoms with Gasteiger partial charge in [-0.2, -0.15) is 0 Å². The van der Waals surface area contributed by atoms with Gasteiger partial charge in [-0.3, -0.25) is 0 Å². The normalized spacial score (nSPS) is 17.3. The van der Waals surface area contributed by atoms with E-state index in [0.29, 0.717) is 11.7 Å². The number of hydrogen-bond donors (Lipinski definition) is 1. The zero-order chi connectivity index (χ0) is 13.7. The molecule has 0 aromatic carbocycles. The molecule has 1 fully saturated rings. The van der Waals surface area contributed by atoms with Gasteiger partial charge in [0.05, 0.1) is 0 Å². The van der Waals surface area contributed by atoms with Gasteiger partial charge in [-0.25, -0.2) is 0 Å². The lowest BCUT2D eigenvalue weighted by atomic mass is 10.0. The van der Waals surface area contributed by atoms with Crippen molar-refractivity contribution in [2.75, 3.05) is 25.0 Å². The van der Waals surface area contributed by atoms with E-state index in [0.717, 1.165) is 32.5 Å². The van der Waals surface area contributed by atoms with E-state index >= 15 is 0 Å². The third-order valence-corrected chi connectivity index (χ3v) is 3.45. The average Bonchev–Trinajstić information content (AvgIpc) is 2.42. The number of piperidine rings is 1. The highest BCUT2D eigenvalue weighted by Gasteiger charge is 2.21. The van der Waals surface area contributed by atoms with Gasteiger partial charge in [0, 0.05) is 19.1 Å². The predicted octanol–water partition coefficient (Wildman–Crippen LogP) is 2.28. The first-order valence-electron chi connectivity index (χ1n) is 6.79. The molecular weight excluding hydrogens is 244 g/mol. The number of anilines is 1. The molecule has 0 bridgehead atoms. The summed E-state index contributed by atoms with van der Waals surface area (Å²) in [6.07, 6.45) is 4.66. The molecule has 1 saturated heterocycles. The first-order valence-corrected chi connectivity index (χ1v) is 6.79. The van der Waals surface area contributed by atoms with Crippen LogP contribution in [0.2, 0.25) is 0 Å². The number of aromatic nitrogens is 1. The topological polar surface area (TPSA) is 71.3 Å². The number of rotatable bonds is 5. The minimum absolute atomic E-state index is 0.0847. The minimum atomic E-state index is -0.436. The van der Waals surface area contributed by atoms with E-state index in [9.17, 15) is 10.1 Å². The highest BCUT2D eigenvalue weighted by Crippen LogP contribution is 2.23. The van der Waals surface area contributed by atoms with Gasteiger partial charge in [0.2, 0.25) is 0 Å². The molecule has 6 heteroatoms. The van der Waals surface area contributed by atoms with Crippen molar-refractivity contribution in [3.63, 3.8) is 0 Å². The lowest BCUT2D eigenvalue weighted by molar-refractivity contribution is -0.388. The molecule has 0 unspecified atom stereocenters. The predicted molar refractivity (Wildman–Crippen MR) is 74.3 cm³/mol. The Bertz CT molecular complexity index is 430. The maximum Gasteiger partial charge on any atom is 0.386 e. The Kier molecular flexibility index (Phi) is 4.68. The van der Waals surface area contributed by atoms with Gasteiger partial charge in [-0.15, -0.1) is 0 Å². The van der Waals surface area contributed by atoms with Gasteiger partial charge in [-0.1, -0.05) is 6.92 Å². The molecule has 0 amide bonds. The van der Waals surface area contributed by atoms with Crippen molar-refractivity contribution in [3.8, 4) is 0 Å². The monoisotopic (exact) mass is 264 g/mol. The fourth-order valence-electron chi connectivity index (χ4n) is 2.49. The number of likely N-dealkylation sites (tertiary alicyclic amines) is 1. The Morgan fingerprint density at radius 3 is 2.89 bits per heavy atom. The van der Waals surface area contributed by atoms with E-state index in [-0.39, 0.29) is 5.82 Å². The summed E-state index contributed by atoms with van der Waals surface area (Å²) in [5.74, 6) is -0.0847. The van der Waals surface area contributed by atoms with E-state index in [1.165, 1.54) is 12.6 Å². The molecule has 1 aromatic heterocycles. The highest BCUT2D eigenvalue weighted by molar-refractivity contribution is 5.57. The molecular formula is C13H20N4O2. The zero-order valence-electron chi connectivity index (χ0n) is 11.2. The second kappa shape index (κ2) is 6.47. The van der Waals surface area contributed by atoms with E-state index in [1.807, 2.05) is 0 Å². The molecule has 1 aliphatic rings. The van der Waals surface area contributed by atoms with E-state index in [2.05, 4.69) is 22.1 Å². The maximum absolute atomic E-state index is 10.9. The average molecular weight is 264 g/mol.